The van der Waals surface area contributed by atoms with Crippen LogP contribution < -0.4 is 10.6 Å². The minimum absolute atomic E-state index is 0.0109. The lowest BCUT2D eigenvalue weighted by molar-refractivity contribution is -0.124. The van der Waals surface area contributed by atoms with Crippen LogP contribution in [-0.2, 0) is 4.79 Å². The Morgan fingerprint density at radius 2 is 2.28 bits per heavy atom. The molecule has 94 valence electrons. The first-order chi connectivity index (χ1) is 8.68. The fourth-order valence-electron chi connectivity index (χ4n) is 1.47. The van der Waals surface area contributed by atoms with Gasteiger partial charge in [0.2, 0.25) is 5.91 Å². The smallest absolute Gasteiger partial charge is 0.324 e. The minimum Gasteiger partial charge on any atom is -0.349 e. The lowest BCUT2D eigenvalue weighted by atomic mass is 10.4. The van der Waals surface area contributed by atoms with Crippen molar-refractivity contribution in [3.05, 3.63) is 24.3 Å². The van der Waals surface area contributed by atoms with Crippen LogP contribution in [0, 0.1) is 0 Å². The number of hydrogen-bond donors (Lipinski definition) is 2. The summed E-state index contributed by atoms with van der Waals surface area (Å²) in [5, 5.41) is 4.94. The molecule has 0 aromatic carbocycles. The fourth-order valence-corrected chi connectivity index (χ4v) is 1.47. The van der Waals surface area contributed by atoms with E-state index in [9.17, 15) is 14.4 Å². The van der Waals surface area contributed by atoms with Gasteiger partial charge in [-0.05, 0) is 0 Å². The standard InChI is InChI=1S/C10H11N5O3/c16-8-6-14-10(18)15(8)4-3-13-9(17)7-5-11-1-2-12-7/h1-2,5H,3-4,6H2,(H,13,17)(H,14,18). The second-order valence-electron chi connectivity index (χ2n) is 3.55. The zero-order chi connectivity index (χ0) is 13.0. The highest BCUT2D eigenvalue weighted by Gasteiger charge is 2.27. The second kappa shape index (κ2) is 5.21. The van der Waals surface area contributed by atoms with Gasteiger partial charge in [-0.25, -0.2) is 9.78 Å². The van der Waals surface area contributed by atoms with Crippen molar-refractivity contribution in [2.24, 2.45) is 0 Å². The molecular weight excluding hydrogens is 238 g/mol. The van der Waals surface area contributed by atoms with Crippen molar-refractivity contribution >= 4 is 17.8 Å². The molecule has 0 unspecified atom stereocenters. The number of imide groups is 1. The van der Waals surface area contributed by atoms with Gasteiger partial charge >= 0.3 is 6.03 Å². The molecule has 18 heavy (non-hydrogen) atoms. The molecule has 1 aromatic rings. The molecule has 1 saturated heterocycles. The van der Waals surface area contributed by atoms with Gasteiger partial charge in [-0.3, -0.25) is 19.5 Å². The third-order valence-electron chi connectivity index (χ3n) is 2.35. The van der Waals surface area contributed by atoms with Crippen LogP contribution in [0.4, 0.5) is 4.79 Å². The molecule has 8 heteroatoms. The van der Waals surface area contributed by atoms with Gasteiger partial charge in [0, 0.05) is 25.5 Å². The highest BCUT2D eigenvalue weighted by molar-refractivity contribution is 6.02. The summed E-state index contributed by atoms with van der Waals surface area (Å²) >= 11 is 0. The van der Waals surface area contributed by atoms with Crippen LogP contribution in [0.3, 0.4) is 0 Å². The molecule has 2 heterocycles. The summed E-state index contributed by atoms with van der Waals surface area (Å²) in [6, 6.07) is -0.436. The van der Waals surface area contributed by atoms with E-state index in [1.54, 1.807) is 0 Å². The van der Waals surface area contributed by atoms with Gasteiger partial charge in [-0.2, -0.15) is 0 Å². The minimum atomic E-state index is -0.436. The average molecular weight is 249 g/mol. The Labute approximate surface area is 102 Å². The van der Waals surface area contributed by atoms with Gasteiger partial charge in [0.15, 0.2) is 0 Å². The lowest BCUT2D eigenvalue weighted by Gasteiger charge is -2.12. The molecular formula is C10H11N5O3. The molecule has 1 aliphatic rings. The summed E-state index contributed by atoms with van der Waals surface area (Å²) in [7, 11) is 0. The summed E-state index contributed by atoms with van der Waals surface area (Å²) in [5.41, 5.74) is 0.190. The normalized spacial score (nSPS) is 14.6. The van der Waals surface area contributed by atoms with Crippen molar-refractivity contribution in [2.75, 3.05) is 19.6 Å². The summed E-state index contributed by atoms with van der Waals surface area (Å²) in [5.74, 6) is -0.691. The van der Waals surface area contributed by atoms with E-state index in [-0.39, 0.29) is 31.2 Å². The molecule has 0 radical (unpaired) electrons. The Balaban J connectivity index is 1.81. The summed E-state index contributed by atoms with van der Waals surface area (Å²) in [6.07, 6.45) is 4.21. The topological polar surface area (TPSA) is 104 Å². The van der Waals surface area contributed by atoms with Gasteiger partial charge in [-0.15, -0.1) is 0 Å². The van der Waals surface area contributed by atoms with Crippen molar-refractivity contribution in [1.29, 1.82) is 0 Å². The third kappa shape index (κ3) is 2.59. The largest absolute Gasteiger partial charge is 0.349 e. The summed E-state index contributed by atoms with van der Waals surface area (Å²) < 4.78 is 0. The maximum atomic E-state index is 11.6. The number of nitrogens with zero attached hydrogens (tertiary/aromatic N) is 3. The second-order valence-corrected chi connectivity index (χ2v) is 3.55. The van der Waals surface area contributed by atoms with E-state index in [1.807, 2.05) is 0 Å². The van der Waals surface area contributed by atoms with Gasteiger partial charge < -0.3 is 10.6 Å². The average Bonchev–Trinajstić information content (AvgIpc) is 2.71. The number of hydrogen-bond acceptors (Lipinski definition) is 5. The molecule has 4 amide bonds. The number of aromatic nitrogens is 2. The number of nitrogens with one attached hydrogen (secondary N) is 2. The van der Waals surface area contributed by atoms with Crippen LogP contribution in [-0.4, -0.2) is 52.3 Å². The van der Waals surface area contributed by atoms with Crippen LogP contribution in [0.5, 0.6) is 0 Å². The van der Waals surface area contributed by atoms with Crippen molar-refractivity contribution in [1.82, 2.24) is 25.5 Å². The van der Waals surface area contributed by atoms with E-state index >= 15 is 0 Å². The van der Waals surface area contributed by atoms with Crippen LogP contribution in [0.15, 0.2) is 18.6 Å². The lowest BCUT2D eigenvalue weighted by Crippen LogP contribution is -2.38. The Morgan fingerprint density at radius 1 is 1.44 bits per heavy atom. The molecule has 0 atom stereocenters. The predicted octanol–water partition coefficient (Wildman–Crippen LogP) is -1.24. The molecule has 0 aliphatic carbocycles. The number of carbonyl (C=O) groups is 3. The number of carbonyl (C=O) groups excluding carboxylic acids is 3. The Kier molecular flexibility index (Phi) is 3.46. The van der Waals surface area contributed by atoms with Crippen molar-refractivity contribution in [3.8, 4) is 0 Å². The van der Waals surface area contributed by atoms with Gasteiger partial charge in [-0.1, -0.05) is 0 Å². The number of amides is 4. The van der Waals surface area contributed by atoms with E-state index in [0.29, 0.717) is 0 Å². The molecule has 8 nitrogen and oxygen atoms in total. The van der Waals surface area contributed by atoms with Crippen LogP contribution in [0.25, 0.3) is 0 Å². The van der Waals surface area contributed by atoms with E-state index in [2.05, 4.69) is 20.6 Å². The molecule has 0 bridgehead atoms. The van der Waals surface area contributed by atoms with Gasteiger partial charge in [0.1, 0.15) is 5.69 Å². The maximum absolute atomic E-state index is 11.6. The summed E-state index contributed by atoms with van der Waals surface area (Å²) in [6.45, 7) is 0.322. The highest BCUT2D eigenvalue weighted by atomic mass is 16.2. The SMILES string of the molecule is O=C(NCCN1C(=O)CNC1=O)c1cnccn1. The number of urea groups is 1. The number of rotatable bonds is 4. The highest BCUT2D eigenvalue weighted by Crippen LogP contribution is 1.97. The molecule has 0 saturated carbocycles. The van der Waals surface area contributed by atoms with E-state index < -0.39 is 11.9 Å². The molecule has 2 rings (SSSR count). The zero-order valence-electron chi connectivity index (χ0n) is 9.42. The van der Waals surface area contributed by atoms with Gasteiger partial charge in [0.05, 0.1) is 12.7 Å². The Bertz CT molecular complexity index is 460. The van der Waals surface area contributed by atoms with Crippen molar-refractivity contribution in [2.45, 2.75) is 0 Å². The predicted molar refractivity (Wildman–Crippen MR) is 59.5 cm³/mol. The van der Waals surface area contributed by atoms with E-state index in [4.69, 9.17) is 0 Å². The molecule has 1 aliphatic heterocycles. The quantitative estimate of drug-likeness (QED) is 0.649. The molecule has 0 spiro atoms. The first-order valence-corrected chi connectivity index (χ1v) is 5.31. The van der Waals surface area contributed by atoms with Crippen LogP contribution in [0.1, 0.15) is 10.5 Å². The van der Waals surface area contributed by atoms with E-state index in [0.717, 1.165) is 4.90 Å². The maximum Gasteiger partial charge on any atom is 0.324 e. The Morgan fingerprint density at radius 3 is 2.89 bits per heavy atom. The van der Waals surface area contributed by atoms with Gasteiger partial charge in [0.25, 0.3) is 5.91 Å². The zero-order valence-corrected chi connectivity index (χ0v) is 9.42. The molecule has 2 N–H and O–H groups in total. The monoisotopic (exact) mass is 249 g/mol. The third-order valence-corrected chi connectivity index (χ3v) is 2.35. The van der Waals surface area contributed by atoms with Crippen LogP contribution in [0.2, 0.25) is 0 Å². The van der Waals surface area contributed by atoms with Crippen LogP contribution >= 0.6 is 0 Å². The van der Waals surface area contributed by atoms with Crippen molar-refractivity contribution < 1.29 is 14.4 Å². The van der Waals surface area contributed by atoms with E-state index in [1.165, 1.54) is 18.6 Å². The molecule has 1 fully saturated rings. The Hall–Kier alpha value is -2.51. The first-order valence-electron chi connectivity index (χ1n) is 5.31. The fraction of sp³-hybridized carbons (Fsp3) is 0.300. The summed E-state index contributed by atoms with van der Waals surface area (Å²) in [4.78, 5) is 42.6. The van der Waals surface area contributed by atoms with Crippen molar-refractivity contribution in [3.63, 3.8) is 0 Å². The molecule has 1 aromatic heterocycles. The first kappa shape index (κ1) is 12.0.